The molecule has 0 atom stereocenters. The SMILES string of the molecule is COC(=O)c1cc(C)sc1NC(=S)N1CCN(c2ccccc2)CC1. The molecule has 5 nitrogen and oxygen atoms in total. The number of hydrogen-bond donors (Lipinski definition) is 1. The molecule has 132 valence electrons. The number of methoxy groups -OCH3 is 1. The first-order valence-electron chi connectivity index (χ1n) is 8.13. The van der Waals surface area contributed by atoms with Crippen molar-refractivity contribution >= 4 is 45.3 Å². The normalized spacial score (nSPS) is 14.3. The Balaban J connectivity index is 1.61. The molecule has 25 heavy (non-hydrogen) atoms. The molecule has 0 unspecified atom stereocenters. The summed E-state index contributed by atoms with van der Waals surface area (Å²) in [6.45, 7) is 5.49. The zero-order valence-electron chi connectivity index (χ0n) is 14.3. The predicted octanol–water partition coefficient (Wildman–Crippen LogP) is 3.36. The minimum Gasteiger partial charge on any atom is -0.465 e. The van der Waals surface area contributed by atoms with Gasteiger partial charge in [0, 0.05) is 36.7 Å². The maximum absolute atomic E-state index is 11.9. The third-order valence-corrected chi connectivity index (χ3v) is 5.50. The van der Waals surface area contributed by atoms with Gasteiger partial charge in [-0.3, -0.25) is 0 Å². The van der Waals surface area contributed by atoms with Crippen molar-refractivity contribution < 1.29 is 9.53 Å². The molecule has 0 spiro atoms. The number of benzene rings is 1. The second-order valence-electron chi connectivity index (χ2n) is 5.83. The molecule has 1 N–H and O–H groups in total. The van der Waals surface area contributed by atoms with E-state index < -0.39 is 0 Å². The molecule has 0 amide bonds. The summed E-state index contributed by atoms with van der Waals surface area (Å²) in [7, 11) is 1.39. The van der Waals surface area contributed by atoms with Crippen LogP contribution in [0.25, 0.3) is 0 Å². The highest BCUT2D eigenvalue weighted by Gasteiger charge is 2.22. The predicted molar refractivity (Wildman–Crippen MR) is 107 cm³/mol. The molecule has 1 aliphatic heterocycles. The lowest BCUT2D eigenvalue weighted by atomic mass is 10.2. The lowest BCUT2D eigenvalue weighted by molar-refractivity contribution is 0.0602. The van der Waals surface area contributed by atoms with Crippen molar-refractivity contribution in [1.82, 2.24) is 4.90 Å². The fourth-order valence-corrected chi connectivity index (χ4v) is 4.10. The third kappa shape index (κ3) is 4.11. The number of ether oxygens (including phenoxy) is 1. The number of thiocarbonyl (C=S) groups is 1. The Morgan fingerprint density at radius 2 is 1.88 bits per heavy atom. The van der Waals surface area contributed by atoms with Crippen molar-refractivity contribution in [2.45, 2.75) is 6.92 Å². The van der Waals surface area contributed by atoms with E-state index in [-0.39, 0.29) is 5.97 Å². The second-order valence-corrected chi connectivity index (χ2v) is 7.47. The van der Waals surface area contributed by atoms with Crippen molar-refractivity contribution in [3.05, 3.63) is 46.8 Å². The maximum atomic E-state index is 11.9. The molecular formula is C18H21N3O2S2. The van der Waals surface area contributed by atoms with E-state index in [2.05, 4.69) is 39.4 Å². The van der Waals surface area contributed by atoms with Gasteiger partial charge in [-0.15, -0.1) is 11.3 Å². The quantitative estimate of drug-likeness (QED) is 0.656. The number of esters is 1. The summed E-state index contributed by atoms with van der Waals surface area (Å²) in [6, 6.07) is 12.2. The Labute approximate surface area is 157 Å². The number of aryl methyl sites for hydroxylation is 1. The minimum absolute atomic E-state index is 0.344. The zero-order valence-corrected chi connectivity index (χ0v) is 16.0. The van der Waals surface area contributed by atoms with Crippen LogP contribution in [-0.4, -0.2) is 49.3 Å². The average molecular weight is 376 g/mol. The van der Waals surface area contributed by atoms with Gasteiger partial charge in [-0.1, -0.05) is 18.2 Å². The molecule has 0 saturated carbocycles. The van der Waals surface area contributed by atoms with Gasteiger partial charge in [-0.05, 0) is 37.3 Å². The second kappa shape index (κ2) is 7.84. The summed E-state index contributed by atoms with van der Waals surface area (Å²) in [4.78, 5) is 17.4. The molecule has 0 bridgehead atoms. The molecule has 0 radical (unpaired) electrons. The first kappa shape index (κ1) is 17.7. The molecule has 1 aliphatic rings. The van der Waals surface area contributed by atoms with Gasteiger partial charge in [-0.25, -0.2) is 4.79 Å². The van der Waals surface area contributed by atoms with E-state index in [1.807, 2.05) is 19.1 Å². The maximum Gasteiger partial charge on any atom is 0.340 e. The zero-order chi connectivity index (χ0) is 17.8. The number of anilines is 2. The Kier molecular flexibility index (Phi) is 5.55. The highest BCUT2D eigenvalue weighted by atomic mass is 32.1. The molecular weight excluding hydrogens is 354 g/mol. The lowest BCUT2D eigenvalue weighted by Gasteiger charge is -2.37. The van der Waals surface area contributed by atoms with Gasteiger partial charge in [0.05, 0.1) is 12.7 Å². The minimum atomic E-state index is -0.344. The van der Waals surface area contributed by atoms with Gasteiger partial charge < -0.3 is 19.9 Å². The Bertz CT molecular complexity index is 753. The van der Waals surface area contributed by atoms with Crippen molar-refractivity contribution in [1.29, 1.82) is 0 Å². The molecule has 3 rings (SSSR count). The van der Waals surface area contributed by atoms with Crippen LogP contribution in [0.5, 0.6) is 0 Å². The molecule has 7 heteroatoms. The van der Waals surface area contributed by atoms with E-state index in [1.165, 1.54) is 24.1 Å². The summed E-state index contributed by atoms with van der Waals surface area (Å²) < 4.78 is 4.84. The van der Waals surface area contributed by atoms with Crippen LogP contribution in [0.1, 0.15) is 15.2 Å². The van der Waals surface area contributed by atoms with Crippen molar-refractivity contribution in [3.8, 4) is 0 Å². The van der Waals surface area contributed by atoms with Crippen LogP contribution in [0.4, 0.5) is 10.7 Å². The number of carbonyl (C=O) groups is 1. The van der Waals surface area contributed by atoms with Crippen LogP contribution in [0, 0.1) is 6.92 Å². The van der Waals surface area contributed by atoms with Crippen LogP contribution < -0.4 is 10.2 Å². The monoisotopic (exact) mass is 375 g/mol. The number of para-hydroxylation sites is 1. The van der Waals surface area contributed by atoms with E-state index in [4.69, 9.17) is 17.0 Å². The largest absolute Gasteiger partial charge is 0.465 e. The molecule has 0 aliphatic carbocycles. The summed E-state index contributed by atoms with van der Waals surface area (Å²) >= 11 is 7.07. The Morgan fingerprint density at radius 3 is 2.52 bits per heavy atom. The summed E-state index contributed by atoms with van der Waals surface area (Å²) in [6.07, 6.45) is 0. The first-order valence-corrected chi connectivity index (χ1v) is 9.35. The van der Waals surface area contributed by atoms with Gasteiger partial charge in [0.15, 0.2) is 5.11 Å². The third-order valence-electron chi connectivity index (χ3n) is 4.17. The van der Waals surface area contributed by atoms with Crippen molar-refractivity contribution in [2.24, 2.45) is 0 Å². The number of carbonyl (C=O) groups excluding carboxylic acids is 1. The highest BCUT2D eigenvalue weighted by Crippen LogP contribution is 2.28. The van der Waals surface area contributed by atoms with E-state index in [0.29, 0.717) is 10.7 Å². The summed E-state index contributed by atoms with van der Waals surface area (Å²) in [5.41, 5.74) is 1.78. The van der Waals surface area contributed by atoms with E-state index in [1.54, 1.807) is 0 Å². The Hall–Kier alpha value is -2.12. The van der Waals surface area contributed by atoms with E-state index >= 15 is 0 Å². The lowest BCUT2D eigenvalue weighted by Crippen LogP contribution is -2.50. The van der Waals surface area contributed by atoms with Gasteiger partial charge in [0.1, 0.15) is 5.00 Å². The van der Waals surface area contributed by atoms with Gasteiger partial charge >= 0.3 is 5.97 Å². The number of hydrogen-bond acceptors (Lipinski definition) is 5. The molecule has 1 fully saturated rings. The smallest absolute Gasteiger partial charge is 0.340 e. The fourth-order valence-electron chi connectivity index (χ4n) is 2.85. The van der Waals surface area contributed by atoms with Crippen LogP contribution >= 0.6 is 23.6 Å². The van der Waals surface area contributed by atoms with Gasteiger partial charge in [-0.2, -0.15) is 0 Å². The Morgan fingerprint density at radius 1 is 1.20 bits per heavy atom. The average Bonchev–Trinajstić information content (AvgIpc) is 3.02. The van der Waals surface area contributed by atoms with Crippen LogP contribution in [0.2, 0.25) is 0 Å². The number of nitrogens with zero attached hydrogens (tertiary/aromatic N) is 2. The van der Waals surface area contributed by atoms with Gasteiger partial charge in [0.2, 0.25) is 0 Å². The number of rotatable bonds is 3. The molecule has 1 aromatic carbocycles. The van der Waals surface area contributed by atoms with Crippen LogP contribution in [0.3, 0.4) is 0 Å². The molecule has 2 heterocycles. The summed E-state index contributed by atoms with van der Waals surface area (Å²) in [5, 5.41) is 4.63. The molecule has 1 saturated heterocycles. The molecule has 2 aromatic rings. The number of thiophene rings is 1. The van der Waals surface area contributed by atoms with Crippen molar-refractivity contribution in [2.75, 3.05) is 43.5 Å². The van der Waals surface area contributed by atoms with Gasteiger partial charge in [0.25, 0.3) is 0 Å². The topological polar surface area (TPSA) is 44.8 Å². The summed E-state index contributed by atoms with van der Waals surface area (Å²) in [5.74, 6) is -0.344. The van der Waals surface area contributed by atoms with E-state index in [9.17, 15) is 4.79 Å². The standard InChI is InChI=1S/C18H21N3O2S2/c1-13-12-15(17(22)23-2)16(25-13)19-18(24)21-10-8-20(9-11-21)14-6-4-3-5-7-14/h3-7,12H,8-11H2,1-2H3,(H,19,24). The fraction of sp³-hybridized carbons (Fsp3) is 0.333. The van der Waals surface area contributed by atoms with Crippen LogP contribution in [0.15, 0.2) is 36.4 Å². The molecule has 1 aromatic heterocycles. The van der Waals surface area contributed by atoms with Crippen molar-refractivity contribution in [3.63, 3.8) is 0 Å². The number of piperazine rings is 1. The van der Waals surface area contributed by atoms with E-state index in [0.717, 1.165) is 36.1 Å². The van der Waals surface area contributed by atoms with Crippen LogP contribution in [-0.2, 0) is 4.74 Å². The number of nitrogens with one attached hydrogen (secondary N) is 1. The first-order chi connectivity index (χ1) is 12.1. The highest BCUT2D eigenvalue weighted by molar-refractivity contribution is 7.80.